The van der Waals surface area contributed by atoms with Crippen LogP contribution in [-0.2, 0) is 4.79 Å². The Morgan fingerprint density at radius 3 is 2.24 bits per heavy atom. The van der Waals surface area contributed by atoms with Crippen molar-refractivity contribution in [3.63, 3.8) is 0 Å². The minimum Gasteiger partial charge on any atom is -0.339 e. The second-order valence-electron chi connectivity index (χ2n) is 5.19. The van der Waals surface area contributed by atoms with Crippen molar-refractivity contribution in [1.82, 2.24) is 4.90 Å². The van der Waals surface area contributed by atoms with Gasteiger partial charge in [-0.2, -0.15) is 0 Å². The zero-order valence-corrected chi connectivity index (χ0v) is 12.1. The van der Waals surface area contributed by atoms with E-state index in [1.54, 1.807) is 0 Å². The van der Waals surface area contributed by atoms with Crippen LogP contribution < -0.4 is 5.73 Å². The lowest BCUT2D eigenvalue weighted by atomic mass is 9.93. The number of hydrogen-bond donors (Lipinski definition) is 1. The van der Waals surface area contributed by atoms with Crippen LogP contribution in [0.4, 0.5) is 0 Å². The maximum absolute atomic E-state index is 12.2. The molecular weight excluding hydrogens is 236 g/mol. The number of likely N-dealkylation sites (N-methyl/N-ethyl adjacent to an activating group) is 1. The van der Waals surface area contributed by atoms with Gasteiger partial charge in [-0.1, -0.05) is 33.1 Å². The average Bonchev–Trinajstić information content (AvgIpc) is 2.30. The summed E-state index contributed by atoms with van der Waals surface area (Å²) in [6.45, 7) is 6.87. The lowest BCUT2D eigenvalue weighted by molar-refractivity contribution is -0.136. The number of halogens is 1. The molecular formula is C13H27ClN2O. The third-order valence-electron chi connectivity index (χ3n) is 3.64. The van der Waals surface area contributed by atoms with E-state index < -0.39 is 0 Å². The number of nitrogens with two attached hydrogens (primary N) is 1. The fraction of sp³-hybridized carbons (Fsp3) is 0.923. The summed E-state index contributed by atoms with van der Waals surface area (Å²) in [6.07, 6.45) is 6.14. The molecule has 1 saturated carbocycles. The van der Waals surface area contributed by atoms with Crippen LogP contribution in [0.1, 0.15) is 52.9 Å². The molecule has 2 N–H and O–H groups in total. The summed E-state index contributed by atoms with van der Waals surface area (Å²) in [4.78, 5) is 14.2. The molecule has 0 saturated heterocycles. The molecule has 0 heterocycles. The third-order valence-corrected chi connectivity index (χ3v) is 3.64. The Kier molecular flexibility index (Phi) is 7.80. The molecule has 4 heteroatoms. The van der Waals surface area contributed by atoms with E-state index >= 15 is 0 Å². The Labute approximate surface area is 112 Å². The van der Waals surface area contributed by atoms with Gasteiger partial charge in [0.15, 0.2) is 0 Å². The minimum atomic E-state index is -0.332. The maximum Gasteiger partial charge on any atom is 0.239 e. The SMILES string of the molecule is CCN(C(=O)C(N)C(C)C)C1CCCCC1.Cl. The molecule has 0 spiro atoms. The fourth-order valence-electron chi connectivity index (χ4n) is 2.46. The molecule has 0 aliphatic heterocycles. The third kappa shape index (κ3) is 4.47. The van der Waals surface area contributed by atoms with Crippen LogP contribution in [0.5, 0.6) is 0 Å². The predicted octanol–water partition coefficient (Wildman–Crippen LogP) is 2.57. The zero-order chi connectivity index (χ0) is 12.1. The Bertz CT molecular complexity index is 227. The first-order valence-electron chi connectivity index (χ1n) is 6.64. The summed E-state index contributed by atoms with van der Waals surface area (Å²) in [5.74, 6) is 0.370. The highest BCUT2D eigenvalue weighted by Crippen LogP contribution is 2.23. The number of nitrogens with zero attached hydrogens (tertiary/aromatic N) is 1. The van der Waals surface area contributed by atoms with Crippen molar-refractivity contribution < 1.29 is 4.79 Å². The summed E-state index contributed by atoms with van der Waals surface area (Å²) < 4.78 is 0. The van der Waals surface area contributed by atoms with Crippen LogP contribution in [0.3, 0.4) is 0 Å². The smallest absolute Gasteiger partial charge is 0.239 e. The Morgan fingerprint density at radius 1 is 1.29 bits per heavy atom. The molecule has 0 bridgehead atoms. The predicted molar refractivity (Wildman–Crippen MR) is 74.3 cm³/mol. The van der Waals surface area contributed by atoms with E-state index in [-0.39, 0.29) is 30.3 Å². The van der Waals surface area contributed by atoms with E-state index in [9.17, 15) is 4.79 Å². The minimum absolute atomic E-state index is 0. The molecule has 0 aromatic rings. The van der Waals surface area contributed by atoms with Gasteiger partial charge in [-0.15, -0.1) is 12.4 Å². The number of carbonyl (C=O) groups is 1. The Morgan fingerprint density at radius 2 is 1.82 bits per heavy atom. The molecule has 0 aromatic heterocycles. The summed E-state index contributed by atoms with van der Waals surface area (Å²) in [6, 6.07) is 0.109. The molecule has 102 valence electrons. The second-order valence-corrected chi connectivity index (χ2v) is 5.19. The maximum atomic E-state index is 12.2. The first-order chi connectivity index (χ1) is 7.57. The molecule has 0 aromatic carbocycles. The van der Waals surface area contributed by atoms with Gasteiger partial charge >= 0.3 is 0 Å². The first kappa shape index (κ1) is 16.7. The zero-order valence-electron chi connectivity index (χ0n) is 11.3. The average molecular weight is 263 g/mol. The van der Waals surface area contributed by atoms with Crippen molar-refractivity contribution in [2.24, 2.45) is 11.7 Å². The Balaban J connectivity index is 0.00000256. The molecule has 3 nitrogen and oxygen atoms in total. The van der Waals surface area contributed by atoms with Gasteiger partial charge in [-0.25, -0.2) is 0 Å². The highest BCUT2D eigenvalue weighted by Gasteiger charge is 2.28. The molecule has 1 aliphatic rings. The first-order valence-corrected chi connectivity index (χ1v) is 6.64. The molecule has 1 atom stereocenters. The van der Waals surface area contributed by atoms with E-state index in [4.69, 9.17) is 5.73 Å². The molecule has 1 unspecified atom stereocenters. The lowest BCUT2D eigenvalue weighted by Gasteiger charge is -2.35. The number of carbonyl (C=O) groups excluding carboxylic acids is 1. The second kappa shape index (κ2) is 7.93. The van der Waals surface area contributed by atoms with E-state index in [0.29, 0.717) is 6.04 Å². The van der Waals surface area contributed by atoms with Gasteiger partial charge < -0.3 is 10.6 Å². The summed E-state index contributed by atoms with van der Waals surface area (Å²) in [5, 5.41) is 0. The van der Waals surface area contributed by atoms with Gasteiger partial charge in [0.1, 0.15) is 0 Å². The number of rotatable bonds is 4. The normalized spacial score (nSPS) is 18.6. The number of amides is 1. The molecule has 1 rings (SSSR count). The Hall–Kier alpha value is -0.280. The van der Waals surface area contributed by atoms with Crippen molar-refractivity contribution in [1.29, 1.82) is 0 Å². The van der Waals surface area contributed by atoms with E-state index in [1.165, 1.54) is 19.3 Å². The fourth-order valence-corrected chi connectivity index (χ4v) is 2.46. The van der Waals surface area contributed by atoms with Gasteiger partial charge in [0.25, 0.3) is 0 Å². The van der Waals surface area contributed by atoms with Crippen molar-refractivity contribution in [2.75, 3.05) is 6.54 Å². The monoisotopic (exact) mass is 262 g/mol. The molecule has 17 heavy (non-hydrogen) atoms. The largest absolute Gasteiger partial charge is 0.339 e. The summed E-state index contributed by atoms with van der Waals surface area (Å²) >= 11 is 0. The van der Waals surface area contributed by atoms with Crippen LogP contribution in [0.25, 0.3) is 0 Å². The summed E-state index contributed by atoms with van der Waals surface area (Å²) in [5.41, 5.74) is 5.95. The van der Waals surface area contributed by atoms with Crippen LogP contribution in [0, 0.1) is 5.92 Å². The van der Waals surface area contributed by atoms with Crippen LogP contribution in [0.2, 0.25) is 0 Å². The van der Waals surface area contributed by atoms with Crippen molar-refractivity contribution in [2.45, 2.75) is 65.0 Å². The van der Waals surface area contributed by atoms with Crippen molar-refractivity contribution in [3.8, 4) is 0 Å². The van der Waals surface area contributed by atoms with E-state index in [0.717, 1.165) is 19.4 Å². The van der Waals surface area contributed by atoms with Crippen LogP contribution >= 0.6 is 12.4 Å². The molecule has 0 radical (unpaired) electrons. The topological polar surface area (TPSA) is 46.3 Å². The van der Waals surface area contributed by atoms with Crippen LogP contribution in [-0.4, -0.2) is 29.4 Å². The van der Waals surface area contributed by atoms with Crippen molar-refractivity contribution >= 4 is 18.3 Å². The molecule has 1 fully saturated rings. The van der Waals surface area contributed by atoms with Gasteiger partial charge in [0.05, 0.1) is 6.04 Å². The standard InChI is InChI=1S/C13H26N2O.ClH/c1-4-15(11-8-6-5-7-9-11)13(16)12(14)10(2)3;/h10-12H,4-9,14H2,1-3H3;1H. The van der Waals surface area contributed by atoms with E-state index in [2.05, 4.69) is 6.92 Å². The molecule has 1 amide bonds. The quantitative estimate of drug-likeness (QED) is 0.847. The van der Waals surface area contributed by atoms with E-state index in [1.807, 2.05) is 18.7 Å². The van der Waals surface area contributed by atoms with Crippen LogP contribution in [0.15, 0.2) is 0 Å². The van der Waals surface area contributed by atoms with Gasteiger partial charge in [0, 0.05) is 12.6 Å². The van der Waals surface area contributed by atoms with Gasteiger partial charge in [0.2, 0.25) is 5.91 Å². The van der Waals surface area contributed by atoms with Gasteiger partial charge in [-0.05, 0) is 25.7 Å². The van der Waals surface area contributed by atoms with Gasteiger partial charge in [-0.3, -0.25) is 4.79 Å². The summed E-state index contributed by atoms with van der Waals surface area (Å²) in [7, 11) is 0. The molecule has 1 aliphatic carbocycles. The lowest BCUT2D eigenvalue weighted by Crippen LogP contribution is -2.51. The highest BCUT2D eigenvalue weighted by atomic mass is 35.5. The van der Waals surface area contributed by atoms with Crippen molar-refractivity contribution in [3.05, 3.63) is 0 Å². The number of hydrogen-bond acceptors (Lipinski definition) is 2. The highest BCUT2D eigenvalue weighted by molar-refractivity contribution is 5.85.